The molecular weight excluding hydrogens is 276 g/mol. The maximum absolute atomic E-state index is 12.4. The Hall–Kier alpha value is -3.01. The average molecular weight is 288 g/mol. The highest BCUT2D eigenvalue weighted by molar-refractivity contribution is 6.44. The van der Waals surface area contributed by atoms with Crippen LogP contribution in [0.25, 0.3) is 5.57 Å². The Bertz CT molecular complexity index is 836. The van der Waals surface area contributed by atoms with Crippen molar-refractivity contribution in [1.29, 1.82) is 0 Å². The second-order valence-corrected chi connectivity index (χ2v) is 5.20. The number of amides is 2. The third-order valence-electron chi connectivity index (χ3n) is 3.86. The molecule has 4 heteroatoms. The molecule has 2 heterocycles. The van der Waals surface area contributed by atoms with Crippen molar-refractivity contribution >= 4 is 28.9 Å². The normalized spacial score (nSPS) is 17.1. The van der Waals surface area contributed by atoms with Crippen LogP contribution in [-0.2, 0) is 9.59 Å². The van der Waals surface area contributed by atoms with Gasteiger partial charge in [0.15, 0.2) is 0 Å². The number of amidine groups is 1. The van der Waals surface area contributed by atoms with E-state index in [2.05, 4.69) is 4.99 Å². The van der Waals surface area contributed by atoms with E-state index in [1.54, 1.807) is 0 Å². The van der Waals surface area contributed by atoms with Crippen LogP contribution in [0.2, 0.25) is 0 Å². The van der Waals surface area contributed by atoms with E-state index >= 15 is 0 Å². The summed E-state index contributed by atoms with van der Waals surface area (Å²) in [6, 6.07) is 18.7. The Labute approximate surface area is 127 Å². The van der Waals surface area contributed by atoms with Gasteiger partial charge in [-0.15, -0.1) is 0 Å². The minimum atomic E-state index is -0.273. The molecule has 1 saturated heterocycles. The summed E-state index contributed by atoms with van der Waals surface area (Å²) in [4.78, 5) is 30.3. The van der Waals surface area contributed by atoms with Gasteiger partial charge >= 0.3 is 0 Å². The van der Waals surface area contributed by atoms with Gasteiger partial charge in [0, 0.05) is 5.57 Å². The van der Waals surface area contributed by atoms with E-state index in [-0.39, 0.29) is 18.2 Å². The number of anilines is 1. The fourth-order valence-corrected chi connectivity index (χ4v) is 2.91. The van der Waals surface area contributed by atoms with Crippen LogP contribution in [0, 0.1) is 0 Å². The van der Waals surface area contributed by atoms with E-state index in [1.807, 2.05) is 60.7 Å². The van der Waals surface area contributed by atoms with Gasteiger partial charge in [-0.3, -0.25) is 14.5 Å². The number of aliphatic imine (C=N–C) groups is 1. The fraction of sp³-hybridized carbons (Fsp3) is 0.0556. The van der Waals surface area contributed by atoms with E-state index in [1.165, 1.54) is 4.90 Å². The Morgan fingerprint density at radius 3 is 2.18 bits per heavy atom. The number of carbonyl (C=O) groups excluding carboxylic acids is 2. The van der Waals surface area contributed by atoms with Crippen molar-refractivity contribution < 1.29 is 9.59 Å². The maximum Gasteiger partial charge on any atom is 0.280 e. The van der Waals surface area contributed by atoms with E-state index in [4.69, 9.17) is 0 Å². The highest BCUT2D eigenvalue weighted by Gasteiger charge is 2.41. The summed E-state index contributed by atoms with van der Waals surface area (Å²) in [5, 5.41) is 0. The second-order valence-electron chi connectivity index (χ2n) is 5.20. The van der Waals surface area contributed by atoms with E-state index in [9.17, 15) is 9.59 Å². The van der Waals surface area contributed by atoms with Crippen LogP contribution in [0.4, 0.5) is 5.69 Å². The van der Waals surface area contributed by atoms with Gasteiger partial charge in [0.05, 0.1) is 17.7 Å². The second kappa shape index (κ2) is 4.77. The molecule has 4 nitrogen and oxygen atoms in total. The van der Waals surface area contributed by atoms with Crippen LogP contribution >= 0.6 is 0 Å². The molecule has 22 heavy (non-hydrogen) atoms. The summed E-state index contributed by atoms with van der Waals surface area (Å²) in [7, 11) is 0. The number of benzene rings is 2. The number of nitrogens with zero attached hydrogens (tertiary/aromatic N) is 2. The number of hydrogen-bond acceptors (Lipinski definition) is 2. The molecule has 1 fully saturated rings. The summed E-state index contributed by atoms with van der Waals surface area (Å²) in [5.41, 5.74) is 2.82. The van der Waals surface area contributed by atoms with Gasteiger partial charge in [0.25, 0.3) is 5.91 Å². The first-order valence-corrected chi connectivity index (χ1v) is 7.05. The van der Waals surface area contributed by atoms with Crippen LogP contribution in [0.1, 0.15) is 12.0 Å². The average Bonchev–Trinajstić information content (AvgIpc) is 3.01. The zero-order valence-corrected chi connectivity index (χ0v) is 11.7. The predicted octanol–water partition coefficient (Wildman–Crippen LogP) is 2.82. The third-order valence-corrected chi connectivity index (χ3v) is 3.86. The van der Waals surface area contributed by atoms with Crippen LogP contribution in [0.15, 0.2) is 71.2 Å². The number of rotatable bonds is 2. The smallest absolute Gasteiger partial charge is 0.274 e. The highest BCUT2D eigenvalue weighted by Crippen LogP contribution is 2.36. The quantitative estimate of drug-likeness (QED) is 0.853. The third kappa shape index (κ3) is 1.81. The van der Waals surface area contributed by atoms with Crippen molar-refractivity contribution in [3.63, 3.8) is 0 Å². The molecule has 0 radical (unpaired) electrons. The highest BCUT2D eigenvalue weighted by atomic mass is 16.2. The van der Waals surface area contributed by atoms with Crippen molar-refractivity contribution in [1.82, 2.24) is 0 Å². The summed E-state index contributed by atoms with van der Waals surface area (Å²) in [5.74, 6) is 0.144. The van der Waals surface area contributed by atoms with Gasteiger partial charge in [-0.25, -0.2) is 0 Å². The molecular formula is C18H12N2O2. The molecule has 0 unspecified atom stereocenters. The molecule has 0 atom stereocenters. The SMILES string of the molecule is O=C1N=C2C(=C1c1ccccc1)CC(=O)N2c1ccccc1. The van der Waals surface area contributed by atoms with E-state index in [0.717, 1.165) is 16.8 Å². The summed E-state index contributed by atoms with van der Waals surface area (Å²) in [6.45, 7) is 0. The van der Waals surface area contributed by atoms with Gasteiger partial charge < -0.3 is 0 Å². The molecule has 0 N–H and O–H groups in total. The number of para-hydroxylation sites is 1. The Kier molecular flexibility index (Phi) is 2.76. The monoisotopic (exact) mass is 288 g/mol. The summed E-state index contributed by atoms with van der Waals surface area (Å²) in [6.07, 6.45) is 0.212. The van der Waals surface area contributed by atoms with Gasteiger partial charge in [0.2, 0.25) is 5.91 Å². The topological polar surface area (TPSA) is 49.7 Å². The molecule has 2 aliphatic heterocycles. The van der Waals surface area contributed by atoms with Crippen LogP contribution in [0.5, 0.6) is 0 Å². The lowest BCUT2D eigenvalue weighted by Crippen LogP contribution is -2.28. The van der Waals surface area contributed by atoms with Crippen LogP contribution in [0.3, 0.4) is 0 Å². The van der Waals surface area contributed by atoms with Crippen molar-refractivity contribution in [2.75, 3.05) is 4.90 Å². The molecule has 2 aromatic carbocycles. The molecule has 0 aromatic heterocycles. The number of carbonyl (C=O) groups is 2. The largest absolute Gasteiger partial charge is 0.280 e. The van der Waals surface area contributed by atoms with Gasteiger partial charge in [0.1, 0.15) is 5.84 Å². The molecule has 2 aliphatic rings. The summed E-state index contributed by atoms with van der Waals surface area (Å²) < 4.78 is 0. The molecule has 0 saturated carbocycles. The van der Waals surface area contributed by atoms with Gasteiger partial charge in [-0.05, 0) is 17.7 Å². The fourth-order valence-electron chi connectivity index (χ4n) is 2.91. The van der Waals surface area contributed by atoms with E-state index < -0.39 is 0 Å². The molecule has 0 spiro atoms. The molecule has 106 valence electrons. The zero-order chi connectivity index (χ0) is 15.1. The molecule has 0 bridgehead atoms. The minimum absolute atomic E-state index is 0.0547. The first-order valence-electron chi connectivity index (χ1n) is 7.05. The van der Waals surface area contributed by atoms with Crippen molar-refractivity contribution in [3.8, 4) is 0 Å². The first kappa shape index (κ1) is 12.7. The lowest BCUT2D eigenvalue weighted by atomic mass is 10.00. The first-order chi connectivity index (χ1) is 10.8. The molecule has 0 aliphatic carbocycles. The Balaban J connectivity index is 1.84. The Morgan fingerprint density at radius 1 is 0.864 bits per heavy atom. The Morgan fingerprint density at radius 2 is 1.50 bits per heavy atom. The zero-order valence-electron chi connectivity index (χ0n) is 11.7. The molecule has 2 aromatic rings. The molecule has 2 amide bonds. The predicted molar refractivity (Wildman–Crippen MR) is 84.3 cm³/mol. The van der Waals surface area contributed by atoms with Crippen molar-refractivity contribution in [2.24, 2.45) is 4.99 Å². The van der Waals surface area contributed by atoms with Gasteiger partial charge in [-0.1, -0.05) is 48.5 Å². The van der Waals surface area contributed by atoms with Crippen molar-refractivity contribution in [3.05, 3.63) is 71.8 Å². The lowest BCUT2D eigenvalue weighted by Gasteiger charge is -2.15. The minimum Gasteiger partial charge on any atom is -0.274 e. The number of hydrogen-bond donors (Lipinski definition) is 0. The van der Waals surface area contributed by atoms with Crippen LogP contribution in [-0.4, -0.2) is 17.6 Å². The maximum atomic E-state index is 12.4. The standard InChI is InChI=1S/C18H12N2O2/c21-15-11-14-16(12-7-3-1-4-8-12)18(22)19-17(14)20(15)13-9-5-2-6-10-13/h1-10H,11H2. The summed E-state index contributed by atoms with van der Waals surface area (Å²) >= 11 is 0. The van der Waals surface area contributed by atoms with Gasteiger partial charge in [-0.2, -0.15) is 4.99 Å². The van der Waals surface area contributed by atoms with E-state index in [0.29, 0.717) is 11.4 Å². The van der Waals surface area contributed by atoms with Crippen molar-refractivity contribution in [2.45, 2.75) is 6.42 Å². The lowest BCUT2D eigenvalue weighted by molar-refractivity contribution is -0.116. The van der Waals surface area contributed by atoms with Crippen LogP contribution < -0.4 is 4.90 Å². The molecule has 4 rings (SSSR count). The number of fused-ring (bicyclic) bond motifs is 1.